The number of thiocarbonyl (C=S) groups is 1. The Kier molecular flexibility index (Phi) is 6.81. The maximum Gasteiger partial charge on any atom is 0.283 e. The lowest BCUT2D eigenvalue weighted by atomic mass is 10.0. The van der Waals surface area contributed by atoms with Gasteiger partial charge < -0.3 is 4.57 Å². The molecule has 3 aromatic carbocycles. The van der Waals surface area contributed by atoms with Crippen molar-refractivity contribution in [3.05, 3.63) is 106 Å². The molecule has 1 aromatic heterocycles. The first-order valence-electron chi connectivity index (χ1n) is 11.2. The van der Waals surface area contributed by atoms with Crippen molar-refractivity contribution in [1.82, 2.24) is 14.8 Å². The second-order valence-electron chi connectivity index (χ2n) is 8.10. The van der Waals surface area contributed by atoms with Crippen molar-refractivity contribution < 1.29 is 14.5 Å². The Morgan fingerprint density at radius 2 is 1.50 bits per heavy atom. The van der Waals surface area contributed by atoms with E-state index in [0.29, 0.717) is 27.0 Å². The van der Waals surface area contributed by atoms with Crippen LogP contribution in [0.2, 0.25) is 0 Å². The summed E-state index contributed by atoms with van der Waals surface area (Å²) in [6.45, 7) is 0. The molecular weight excluding hydrogens is 524 g/mol. The third-order valence-corrected chi connectivity index (χ3v) is 7.12. The number of amides is 2. The topological polar surface area (TPSA) is 114 Å². The SMILES string of the molecule is Cn1cnnc1Sc1ccc(C=C2C(=O)N(c3ccccc3)C(=S)N(c3ccccc3)C2=O)cc1[N+](=O)[O-]. The number of anilines is 2. The highest BCUT2D eigenvalue weighted by atomic mass is 32.2. The zero-order chi connectivity index (χ0) is 26.8. The molecule has 1 aliphatic heterocycles. The number of aryl methyl sites for hydroxylation is 1. The molecular formula is C26H18N6O4S2. The van der Waals surface area contributed by atoms with Crippen molar-refractivity contribution in [2.45, 2.75) is 10.1 Å². The molecule has 1 aliphatic rings. The number of hydrogen-bond acceptors (Lipinski definition) is 8. The summed E-state index contributed by atoms with van der Waals surface area (Å²) in [5.74, 6) is -1.25. The van der Waals surface area contributed by atoms with E-state index in [1.165, 1.54) is 28.3 Å². The molecule has 2 amide bonds. The Bertz CT molecular complexity index is 1540. The lowest BCUT2D eigenvalue weighted by Gasteiger charge is -2.36. The first-order chi connectivity index (χ1) is 18.3. The zero-order valence-electron chi connectivity index (χ0n) is 19.8. The minimum absolute atomic E-state index is 0.0101. The van der Waals surface area contributed by atoms with Gasteiger partial charge in [0.25, 0.3) is 17.5 Å². The van der Waals surface area contributed by atoms with Crippen LogP contribution in [-0.4, -0.2) is 36.6 Å². The first-order valence-corrected chi connectivity index (χ1v) is 12.4. The molecule has 5 rings (SSSR count). The van der Waals surface area contributed by atoms with Crippen LogP contribution in [0.15, 0.2) is 101 Å². The summed E-state index contributed by atoms with van der Waals surface area (Å²) in [5.41, 5.74) is 0.906. The highest BCUT2D eigenvalue weighted by Crippen LogP contribution is 2.35. The van der Waals surface area contributed by atoms with E-state index < -0.39 is 16.7 Å². The number of aromatic nitrogens is 3. The Morgan fingerprint density at radius 3 is 2.00 bits per heavy atom. The number of rotatable bonds is 6. The second-order valence-corrected chi connectivity index (χ2v) is 9.48. The molecule has 0 radical (unpaired) electrons. The smallest absolute Gasteiger partial charge is 0.283 e. The normalized spacial score (nSPS) is 13.7. The van der Waals surface area contributed by atoms with Gasteiger partial charge in [0, 0.05) is 13.1 Å². The molecule has 38 heavy (non-hydrogen) atoms. The molecule has 1 saturated heterocycles. The number of hydrogen-bond donors (Lipinski definition) is 0. The van der Waals surface area contributed by atoms with Crippen LogP contribution in [0, 0.1) is 10.1 Å². The van der Waals surface area contributed by atoms with Gasteiger partial charge in [0.2, 0.25) is 0 Å². The highest BCUT2D eigenvalue weighted by molar-refractivity contribution is 7.99. The van der Waals surface area contributed by atoms with Crippen LogP contribution in [-0.2, 0) is 16.6 Å². The van der Waals surface area contributed by atoms with E-state index in [2.05, 4.69) is 10.2 Å². The predicted molar refractivity (Wildman–Crippen MR) is 147 cm³/mol. The van der Waals surface area contributed by atoms with Crippen molar-refractivity contribution in [3.8, 4) is 0 Å². The van der Waals surface area contributed by atoms with E-state index in [0.717, 1.165) is 11.8 Å². The summed E-state index contributed by atoms with van der Waals surface area (Å²) in [6, 6.07) is 22.0. The van der Waals surface area contributed by atoms with E-state index in [-0.39, 0.29) is 16.4 Å². The van der Waals surface area contributed by atoms with Crippen LogP contribution in [0.3, 0.4) is 0 Å². The monoisotopic (exact) mass is 542 g/mol. The average molecular weight is 543 g/mol. The molecule has 0 bridgehead atoms. The third kappa shape index (κ3) is 4.69. The summed E-state index contributed by atoms with van der Waals surface area (Å²) in [6.07, 6.45) is 2.84. The highest BCUT2D eigenvalue weighted by Gasteiger charge is 2.41. The fourth-order valence-corrected chi connectivity index (χ4v) is 5.05. The maximum absolute atomic E-state index is 13.6. The largest absolute Gasteiger partial charge is 0.311 e. The molecule has 12 heteroatoms. The lowest BCUT2D eigenvalue weighted by molar-refractivity contribution is -0.387. The summed E-state index contributed by atoms with van der Waals surface area (Å²) in [5, 5.41) is 20.1. The van der Waals surface area contributed by atoms with Crippen LogP contribution in [0.5, 0.6) is 0 Å². The lowest BCUT2D eigenvalue weighted by Crippen LogP contribution is -2.56. The number of para-hydroxylation sites is 2. The van der Waals surface area contributed by atoms with Gasteiger partial charge in [-0.2, -0.15) is 0 Å². The van der Waals surface area contributed by atoms with Gasteiger partial charge in [0.15, 0.2) is 10.3 Å². The van der Waals surface area contributed by atoms with Crippen molar-refractivity contribution in [3.63, 3.8) is 0 Å². The quantitative estimate of drug-likeness (QED) is 0.114. The predicted octanol–water partition coefficient (Wildman–Crippen LogP) is 4.62. The fraction of sp³-hybridized carbons (Fsp3) is 0.0385. The van der Waals surface area contributed by atoms with E-state index in [1.807, 2.05) is 0 Å². The number of benzene rings is 3. The van der Waals surface area contributed by atoms with Crippen molar-refractivity contribution in [2.75, 3.05) is 9.80 Å². The molecule has 0 aliphatic carbocycles. The molecule has 1 fully saturated rings. The van der Waals surface area contributed by atoms with Gasteiger partial charge in [-0.1, -0.05) is 42.5 Å². The minimum Gasteiger partial charge on any atom is -0.311 e. The molecule has 4 aromatic rings. The number of carbonyl (C=O) groups is 2. The summed E-state index contributed by atoms with van der Waals surface area (Å²) < 4.78 is 1.64. The number of nitro benzene ring substituents is 1. The minimum atomic E-state index is -0.626. The van der Waals surface area contributed by atoms with Crippen LogP contribution < -0.4 is 9.80 Å². The standard InChI is InChI=1S/C26H18N6O4S2/c1-29-16-27-28-25(29)38-22-13-12-17(15-21(22)32(35)36)14-20-23(33)30(18-8-4-2-5-9-18)26(37)31(24(20)34)19-10-6-3-7-11-19/h2-16H,1H3. The van der Waals surface area contributed by atoms with Crippen LogP contribution >= 0.6 is 24.0 Å². The molecule has 0 saturated carbocycles. The van der Waals surface area contributed by atoms with Crippen LogP contribution in [0.1, 0.15) is 5.56 Å². The Morgan fingerprint density at radius 1 is 0.921 bits per heavy atom. The van der Waals surface area contributed by atoms with Gasteiger partial charge in [-0.15, -0.1) is 10.2 Å². The van der Waals surface area contributed by atoms with Crippen LogP contribution in [0.4, 0.5) is 17.1 Å². The van der Waals surface area contributed by atoms with Gasteiger partial charge in [-0.3, -0.25) is 29.5 Å². The second kappa shape index (κ2) is 10.4. The number of nitrogens with zero attached hydrogens (tertiary/aromatic N) is 6. The Hall–Kier alpha value is -4.68. The molecule has 188 valence electrons. The van der Waals surface area contributed by atoms with Gasteiger partial charge >= 0.3 is 0 Å². The van der Waals surface area contributed by atoms with Gasteiger partial charge in [-0.05, 0) is 66.0 Å². The van der Waals surface area contributed by atoms with E-state index in [1.54, 1.807) is 84.4 Å². The van der Waals surface area contributed by atoms with E-state index in [4.69, 9.17) is 12.2 Å². The maximum atomic E-state index is 13.6. The summed E-state index contributed by atoms with van der Waals surface area (Å²) in [7, 11) is 1.73. The molecule has 0 N–H and O–H groups in total. The van der Waals surface area contributed by atoms with Crippen molar-refractivity contribution in [2.24, 2.45) is 7.05 Å². The third-order valence-electron chi connectivity index (χ3n) is 5.64. The summed E-state index contributed by atoms with van der Waals surface area (Å²) in [4.78, 5) is 41.5. The van der Waals surface area contributed by atoms with Gasteiger partial charge in [0.1, 0.15) is 11.9 Å². The first kappa shape index (κ1) is 25.0. The van der Waals surface area contributed by atoms with E-state index in [9.17, 15) is 19.7 Å². The summed E-state index contributed by atoms with van der Waals surface area (Å²) >= 11 is 6.69. The molecule has 2 heterocycles. The Balaban J connectivity index is 1.59. The number of nitro groups is 1. The molecule has 0 atom stereocenters. The average Bonchev–Trinajstić information content (AvgIpc) is 3.32. The van der Waals surface area contributed by atoms with Crippen molar-refractivity contribution in [1.29, 1.82) is 0 Å². The molecule has 0 spiro atoms. The number of carbonyl (C=O) groups excluding carboxylic acids is 2. The van der Waals surface area contributed by atoms with Crippen LogP contribution in [0.25, 0.3) is 6.08 Å². The van der Waals surface area contributed by atoms with Gasteiger partial charge in [0.05, 0.1) is 21.2 Å². The molecule has 0 unspecified atom stereocenters. The molecule has 10 nitrogen and oxygen atoms in total. The van der Waals surface area contributed by atoms with E-state index >= 15 is 0 Å². The van der Waals surface area contributed by atoms with Gasteiger partial charge in [-0.25, -0.2) is 0 Å². The fourth-order valence-electron chi connectivity index (χ4n) is 3.82. The van der Waals surface area contributed by atoms with Crippen molar-refractivity contribution >= 4 is 64.0 Å². The zero-order valence-corrected chi connectivity index (χ0v) is 21.4. The Labute approximate surface area is 226 Å².